The topological polar surface area (TPSA) is 65.4 Å². The summed E-state index contributed by atoms with van der Waals surface area (Å²) in [4.78, 5) is 16.8. The molecule has 1 heterocycles. The maximum atomic E-state index is 12.5. The van der Waals surface area contributed by atoms with E-state index in [9.17, 15) is 4.79 Å². The first kappa shape index (κ1) is 16.8. The number of para-hydroxylation sites is 2. The molecule has 0 aliphatic carbocycles. The Kier molecular flexibility index (Phi) is 4.88. The standard InChI is InChI=1S/C19H21N3O3/c1-13(15-10-14(24-2)8-9-18(15)25-3)21-19(23)11-22-12-20-16-6-4-5-7-17(16)22/h4-10,12-13H,11H2,1-3H3,(H,21,23). The van der Waals surface area contributed by atoms with Gasteiger partial charge in [0.2, 0.25) is 5.91 Å². The van der Waals surface area contributed by atoms with Gasteiger partial charge in [0.25, 0.3) is 0 Å². The number of rotatable bonds is 6. The Hall–Kier alpha value is -3.02. The van der Waals surface area contributed by atoms with Crippen LogP contribution >= 0.6 is 0 Å². The largest absolute Gasteiger partial charge is 0.497 e. The molecule has 6 heteroatoms. The number of amides is 1. The third kappa shape index (κ3) is 3.57. The fourth-order valence-electron chi connectivity index (χ4n) is 2.83. The molecule has 3 aromatic rings. The van der Waals surface area contributed by atoms with Crippen LogP contribution in [-0.4, -0.2) is 29.7 Å². The van der Waals surface area contributed by atoms with E-state index in [1.54, 1.807) is 20.5 Å². The van der Waals surface area contributed by atoms with Crippen molar-refractivity contribution in [2.24, 2.45) is 0 Å². The van der Waals surface area contributed by atoms with E-state index in [1.807, 2.05) is 54.0 Å². The second kappa shape index (κ2) is 7.25. The van der Waals surface area contributed by atoms with Crippen molar-refractivity contribution in [1.82, 2.24) is 14.9 Å². The number of aromatic nitrogens is 2. The highest BCUT2D eigenvalue weighted by Crippen LogP contribution is 2.29. The van der Waals surface area contributed by atoms with Gasteiger partial charge >= 0.3 is 0 Å². The number of nitrogens with zero attached hydrogens (tertiary/aromatic N) is 2. The van der Waals surface area contributed by atoms with E-state index in [0.717, 1.165) is 22.3 Å². The number of imidazole rings is 1. The zero-order valence-corrected chi connectivity index (χ0v) is 14.5. The fourth-order valence-corrected chi connectivity index (χ4v) is 2.83. The number of ether oxygens (including phenoxy) is 2. The lowest BCUT2D eigenvalue weighted by Crippen LogP contribution is -2.30. The molecular weight excluding hydrogens is 318 g/mol. The Bertz CT molecular complexity index is 889. The Morgan fingerprint density at radius 2 is 2.00 bits per heavy atom. The molecule has 25 heavy (non-hydrogen) atoms. The zero-order valence-electron chi connectivity index (χ0n) is 14.5. The van der Waals surface area contributed by atoms with Crippen LogP contribution in [0.3, 0.4) is 0 Å². The Balaban J connectivity index is 1.74. The summed E-state index contributed by atoms with van der Waals surface area (Å²) in [5.74, 6) is 1.33. The Morgan fingerprint density at radius 1 is 1.20 bits per heavy atom. The summed E-state index contributed by atoms with van der Waals surface area (Å²) in [5, 5.41) is 3.00. The molecule has 0 radical (unpaired) electrons. The smallest absolute Gasteiger partial charge is 0.240 e. The molecule has 1 unspecified atom stereocenters. The second-order valence-corrected chi connectivity index (χ2v) is 5.76. The SMILES string of the molecule is COc1ccc(OC)c(C(C)NC(=O)Cn2cnc3ccccc32)c1. The molecule has 0 fully saturated rings. The molecule has 1 amide bonds. The number of benzene rings is 2. The van der Waals surface area contributed by atoms with Crippen LogP contribution in [-0.2, 0) is 11.3 Å². The van der Waals surface area contributed by atoms with Crippen LogP contribution in [0.4, 0.5) is 0 Å². The number of fused-ring (bicyclic) bond motifs is 1. The van der Waals surface area contributed by atoms with Crippen LogP contribution in [0.1, 0.15) is 18.5 Å². The van der Waals surface area contributed by atoms with Gasteiger partial charge in [-0.1, -0.05) is 12.1 Å². The molecule has 0 saturated heterocycles. The summed E-state index contributed by atoms with van der Waals surface area (Å²) in [7, 11) is 3.22. The van der Waals surface area contributed by atoms with Crippen molar-refractivity contribution in [1.29, 1.82) is 0 Å². The van der Waals surface area contributed by atoms with Crippen LogP contribution in [0.25, 0.3) is 11.0 Å². The molecule has 0 aliphatic heterocycles. The molecule has 0 saturated carbocycles. The molecule has 0 spiro atoms. The molecule has 130 valence electrons. The van der Waals surface area contributed by atoms with E-state index >= 15 is 0 Å². The molecule has 2 aromatic carbocycles. The van der Waals surface area contributed by atoms with Gasteiger partial charge in [-0.2, -0.15) is 0 Å². The van der Waals surface area contributed by atoms with Crippen molar-refractivity contribution in [2.75, 3.05) is 14.2 Å². The third-order valence-electron chi connectivity index (χ3n) is 4.12. The van der Waals surface area contributed by atoms with E-state index in [1.165, 1.54) is 0 Å². The van der Waals surface area contributed by atoms with Crippen LogP contribution < -0.4 is 14.8 Å². The number of hydrogen-bond donors (Lipinski definition) is 1. The Labute approximate surface area is 146 Å². The van der Waals surface area contributed by atoms with Crippen molar-refractivity contribution in [3.8, 4) is 11.5 Å². The predicted molar refractivity (Wildman–Crippen MR) is 95.8 cm³/mol. The van der Waals surface area contributed by atoms with Gasteiger partial charge in [-0.25, -0.2) is 4.98 Å². The molecular formula is C19H21N3O3. The summed E-state index contributed by atoms with van der Waals surface area (Å²) in [6, 6.07) is 13.1. The maximum Gasteiger partial charge on any atom is 0.240 e. The van der Waals surface area contributed by atoms with Crippen molar-refractivity contribution >= 4 is 16.9 Å². The minimum atomic E-state index is -0.215. The summed E-state index contributed by atoms with van der Waals surface area (Å²) in [6.45, 7) is 2.12. The lowest BCUT2D eigenvalue weighted by Gasteiger charge is -2.18. The summed E-state index contributed by atoms with van der Waals surface area (Å²) in [5.41, 5.74) is 2.67. The van der Waals surface area contributed by atoms with Gasteiger partial charge < -0.3 is 19.4 Å². The van der Waals surface area contributed by atoms with E-state index in [0.29, 0.717) is 5.75 Å². The van der Waals surface area contributed by atoms with Crippen LogP contribution in [0.2, 0.25) is 0 Å². The van der Waals surface area contributed by atoms with Crippen LogP contribution in [0, 0.1) is 0 Å². The third-order valence-corrected chi connectivity index (χ3v) is 4.12. The number of hydrogen-bond acceptors (Lipinski definition) is 4. The molecule has 1 N–H and O–H groups in total. The van der Waals surface area contributed by atoms with E-state index in [4.69, 9.17) is 9.47 Å². The predicted octanol–water partition coefficient (Wildman–Crippen LogP) is 2.93. The average Bonchev–Trinajstić information content (AvgIpc) is 3.04. The van der Waals surface area contributed by atoms with Gasteiger partial charge in [0.15, 0.2) is 0 Å². The molecule has 3 rings (SSSR count). The van der Waals surface area contributed by atoms with Crippen molar-refractivity contribution < 1.29 is 14.3 Å². The van der Waals surface area contributed by atoms with Crippen molar-refractivity contribution in [3.63, 3.8) is 0 Å². The number of nitrogens with one attached hydrogen (secondary N) is 1. The highest BCUT2D eigenvalue weighted by Gasteiger charge is 2.16. The van der Waals surface area contributed by atoms with Gasteiger partial charge in [-0.15, -0.1) is 0 Å². The Morgan fingerprint density at radius 3 is 2.76 bits per heavy atom. The van der Waals surface area contributed by atoms with Gasteiger partial charge in [0.1, 0.15) is 18.0 Å². The minimum absolute atomic E-state index is 0.0967. The van der Waals surface area contributed by atoms with Gasteiger partial charge in [0, 0.05) is 5.56 Å². The van der Waals surface area contributed by atoms with Gasteiger partial charge in [-0.3, -0.25) is 4.79 Å². The van der Waals surface area contributed by atoms with Gasteiger partial charge in [-0.05, 0) is 37.3 Å². The highest BCUT2D eigenvalue weighted by molar-refractivity contribution is 5.80. The first-order chi connectivity index (χ1) is 12.1. The second-order valence-electron chi connectivity index (χ2n) is 5.76. The molecule has 0 bridgehead atoms. The molecule has 6 nitrogen and oxygen atoms in total. The normalized spacial score (nSPS) is 12.0. The monoisotopic (exact) mass is 339 g/mol. The first-order valence-electron chi connectivity index (χ1n) is 8.03. The lowest BCUT2D eigenvalue weighted by atomic mass is 10.1. The average molecular weight is 339 g/mol. The number of carbonyl (C=O) groups excluding carboxylic acids is 1. The lowest BCUT2D eigenvalue weighted by molar-refractivity contribution is -0.122. The van der Waals surface area contributed by atoms with E-state index in [-0.39, 0.29) is 18.5 Å². The quantitative estimate of drug-likeness (QED) is 0.750. The van der Waals surface area contributed by atoms with Gasteiger partial charge in [0.05, 0.1) is 37.6 Å². The molecule has 0 aliphatic rings. The van der Waals surface area contributed by atoms with E-state index < -0.39 is 0 Å². The van der Waals surface area contributed by atoms with E-state index in [2.05, 4.69) is 10.3 Å². The zero-order chi connectivity index (χ0) is 17.8. The fraction of sp³-hybridized carbons (Fsp3) is 0.263. The molecule has 1 aromatic heterocycles. The number of carbonyl (C=O) groups is 1. The van der Waals surface area contributed by atoms with Crippen molar-refractivity contribution in [2.45, 2.75) is 19.5 Å². The summed E-state index contributed by atoms with van der Waals surface area (Å²) >= 11 is 0. The van der Waals surface area contributed by atoms with Crippen LogP contribution in [0.15, 0.2) is 48.8 Å². The highest BCUT2D eigenvalue weighted by atomic mass is 16.5. The minimum Gasteiger partial charge on any atom is -0.497 e. The van der Waals surface area contributed by atoms with Crippen LogP contribution in [0.5, 0.6) is 11.5 Å². The molecule has 1 atom stereocenters. The first-order valence-corrected chi connectivity index (χ1v) is 8.03. The number of methoxy groups -OCH3 is 2. The van der Waals surface area contributed by atoms with Crippen molar-refractivity contribution in [3.05, 3.63) is 54.4 Å². The maximum absolute atomic E-state index is 12.5. The summed E-state index contributed by atoms with van der Waals surface area (Å²) in [6.07, 6.45) is 1.68. The summed E-state index contributed by atoms with van der Waals surface area (Å²) < 4.78 is 12.5.